The maximum Gasteiger partial charge on any atom is 0.417 e. The van der Waals surface area contributed by atoms with Gasteiger partial charge in [0.2, 0.25) is 0 Å². The third-order valence-corrected chi connectivity index (χ3v) is 2.76. The normalized spacial score (nSPS) is 11.2. The zero-order valence-corrected chi connectivity index (χ0v) is 11.0. The van der Waals surface area contributed by atoms with Crippen LogP contribution in [-0.4, -0.2) is 11.0 Å². The number of hydrogen-bond donors (Lipinski definition) is 1. The highest BCUT2D eigenvalue weighted by Crippen LogP contribution is 2.33. The summed E-state index contributed by atoms with van der Waals surface area (Å²) in [6.07, 6.45) is -4.23. The number of benzene rings is 1. The average molecular weight is 316 g/mol. The van der Waals surface area contributed by atoms with Crippen LogP contribution in [0.1, 0.15) is 15.9 Å². The van der Waals surface area contributed by atoms with Crippen LogP contribution < -0.4 is 10.4 Å². The number of rotatable bonds is 3. The molecule has 4 nitrogen and oxygen atoms in total. The molecule has 1 aromatic heterocycles. The Morgan fingerprint density at radius 1 is 1.29 bits per heavy atom. The van der Waals surface area contributed by atoms with Gasteiger partial charge in [0.15, 0.2) is 0 Å². The Morgan fingerprint density at radius 2 is 2.00 bits per heavy atom. The number of aromatic nitrogens is 1. The number of carbonyl (C=O) groups excluding carboxylic acids is 1. The van der Waals surface area contributed by atoms with Crippen molar-refractivity contribution < 1.29 is 23.1 Å². The molecule has 2 rings (SSSR count). The summed E-state index contributed by atoms with van der Waals surface area (Å²) in [5.74, 6) is -2.10. The maximum atomic E-state index is 12.8. The van der Waals surface area contributed by atoms with Gasteiger partial charge in [0.05, 0.1) is 11.5 Å². The van der Waals surface area contributed by atoms with Crippen LogP contribution in [0.3, 0.4) is 0 Å². The third kappa shape index (κ3) is 3.63. The van der Waals surface area contributed by atoms with Crippen LogP contribution in [0.15, 0.2) is 36.5 Å². The first-order valence-corrected chi connectivity index (χ1v) is 5.96. The van der Waals surface area contributed by atoms with E-state index in [-0.39, 0.29) is 5.82 Å². The quantitative estimate of drug-likeness (QED) is 0.946. The minimum atomic E-state index is -4.83. The van der Waals surface area contributed by atoms with Crippen LogP contribution in [0.4, 0.5) is 24.7 Å². The Morgan fingerprint density at radius 3 is 2.57 bits per heavy atom. The van der Waals surface area contributed by atoms with Crippen LogP contribution >= 0.6 is 11.6 Å². The Kier molecular flexibility index (Phi) is 4.04. The van der Waals surface area contributed by atoms with Crippen LogP contribution in [-0.2, 0) is 6.18 Å². The molecule has 2 aromatic rings. The Hall–Kier alpha value is -2.28. The van der Waals surface area contributed by atoms with Crippen molar-refractivity contribution in [3.63, 3.8) is 0 Å². The number of carbonyl (C=O) groups is 1. The molecule has 0 saturated heterocycles. The molecule has 0 spiro atoms. The number of pyridine rings is 1. The first-order chi connectivity index (χ1) is 9.77. The lowest BCUT2D eigenvalue weighted by Gasteiger charge is -2.15. The lowest BCUT2D eigenvalue weighted by Crippen LogP contribution is -2.26. The summed E-state index contributed by atoms with van der Waals surface area (Å²) >= 11 is 5.76. The van der Waals surface area contributed by atoms with Crippen molar-refractivity contribution in [3.8, 4) is 0 Å². The highest BCUT2D eigenvalue weighted by Gasteiger charge is 2.34. The number of nitrogens with one attached hydrogen (secondary N) is 1. The number of alkyl halides is 3. The van der Waals surface area contributed by atoms with E-state index in [1.165, 1.54) is 6.07 Å². The molecule has 0 bridgehead atoms. The van der Waals surface area contributed by atoms with E-state index in [0.717, 1.165) is 0 Å². The second-order valence-electron chi connectivity index (χ2n) is 4.04. The smallest absolute Gasteiger partial charge is 0.417 e. The molecule has 1 N–H and O–H groups in total. The molecule has 1 heterocycles. The number of hydrogen-bond acceptors (Lipinski definition) is 4. The van der Waals surface area contributed by atoms with Gasteiger partial charge in [-0.05, 0) is 24.3 Å². The van der Waals surface area contributed by atoms with Gasteiger partial charge < -0.3 is 15.2 Å². The number of anilines is 2. The Labute approximate surface area is 122 Å². The van der Waals surface area contributed by atoms with E-state index in [2.05, 4.69) is 10.3 Å². The summed E-state index contributed by atoms with van der Waals surface area (Å²) in [6.45, 7) is 0. The number of halogens is 4. The lowest BCUT2D eigenvalue weighted by molar-refractivity contribution is -0.255. The van der Waals surface area contributed by atoms with E-state index >= 15 is 0 Å². The molecular formula is C13H7ClF3N2O2-. The Balaban J connectivity index is 2.40. The van der Waals surface area contributed by atoms with E-state index in [4.69, 9.17) is 11.6 Å². The number of carboxylic acids is 1. The summed E-state index contributed by atoms with van der Waals surface area (Å²) in [5, 5.41) is 13.7. The summed E-state index contributed by atoms with van der Waals surface area (Å²) in [4.78, 5) is 14.3. The van der Waals surface area contributed by atoms with Crippen molar-refractivity contribution in [1.82, 2.24) is 4.98 Å². The van der Waals surface area contributed by atoms with Crippen LogP contribution in [0.25, 0.3) is 0 Å². The van der Waals surface area contributed by atoms with E-state index in [1.54, 1.807) is 18.2 Å². The fraction of sp³-hybridized carbons (Fsp3) is 0.0769. The van der Waals surface area contributed by atoms with Gasteiger partial charge in [-0.15, -0.1) is 0 Å². The summed E-state index contributed by atoms with van der Waals surface area (Å²) in [6, 6.07) is 6.87. The van der Waals surface area contributed by atoms with Gasteiger partial charge in [-0.3, -0.25) is 0 Å². The van der Waals surface area contributed by atoms with Crippen LogP contribution in [0, 0.1) is 0 Å². The molecule has 0 aliphatic rings. The van der Waals surface area contributed by atoms with Gasteiger partial charge >= 0.3 is 6.18 Å². The van der Waals surface area contributed by atoms with Crippen molar-refractivity contribution in [1.29, 1.82) is 0 Å². The monoisotopic (exact) mass is 315 g/mol. The largest absolute Gasteiger partial charge is 0.545 e. The van der Waals surface area contributed by atoms with Crippen molar-refractivity contribution in [2.24, 2.45) is 0 Å². The molecular weight excluding hydrogens is 309 g/mol. The number of aromatic carboxylic acids is 1. The second-order valence-corrected chi connectivity index (χ2v) is 4.47. The standard InChI is InChI=1S/C13H8ClF3N2O2/c14-7-2-1-3-8(4-7)19-11-5-10(13(15,16)17)9(6-18-11)12(20)21/h1-6H,(H,18,19)(H,20,21)/p-1. The molecule has 0 radical (unpaired) electrons. The van der Waals surface area contributed by atoms with Crippen molar-refractivity contribution >= 4 is 29.1 Å². The zero-order valence-electron chi connectivity index (χ0n) is 10.2. The zero-order chi connectivity index (χ0) is 15.6. The average Bonchev–Trinajstić information content (AvgIpc) is 2.37. The molecule has 0 atom stereocenters. The summed E-state index contributed by atoms with van der Waals surface area (Å²) < 4.78 is 38.5. The Bertz CT molecular complexity index is 689. The number of carboxylic acid groups (broad SMARTS) is 1. The molecule has 1 aromatic carbocycles. The fourth-order valence-electron chi connectivity index (χ4n) is 1.64. The van der Waals surface area contributed by atoms with E-state index in [1.807, 2.05) is 0 Å². The minimum Gasteiger partial charge on any atom is -0.545 e. The summed E-state index contributed by atoms with van der Waals surface area (Å²) in [7, 11) is 0. The second kappa shape index (κ2) is 5.61. The topological polar surface area (TPSA) is 65.0 Å². The molecule has 0 aliphatic carbocycles. The van der Waals surface area contributed by atoms with E-state index < -0.39 is 23.3 Å². The van der Waals surface area contributed by atoms with Gasteiger partial charge in [-0.25, -0.2) is 4.98 Å². The van der Waals surface area contributed by atoms with Gasteiger partial charge in [0, 0.05) is 22.5 Å². The minimum absolute atomic E-state index is 0.158. The number of nitrogens with zero attached hydrogens (tertiary/aromatic N) is 1. The van der Waals surface area contributed by atoms with Crippen molar-refractivity contribution in [2.75, 3.05) is 5.32 Å². The third-order valence-electron chi connectivity index (χ3n) is 2.53. The van der Waals surface area contributed by atoms with Crippen LogP contribution in [0.5, 0.6) is 0 Å². The molecule has 8 heteroatoms. The molecule has 0 saturated carbocycles. The molecule has 110 valence electrons. The van der Waals surface area contributed by atoms with E-state index in [9.17, 15) is 23.1 Å². The van der Waals surface area contributed by atoms with Gasteiger partial charge in [-0.1, -0.05) is 17.7 Å². The predicted octanol–water partition coefficient (Wildman–Crippen LogP) is 2.86. The maximum absolute atomic E-state index is 12.8. The first-order valence-electron chi connectivity index (χ1n) is 5.58. The van der Waals surface area contributed by atoms with Crippen LogP contribution in [0.2, 0.25) is 5.02 Å². The van der Waals surface area contributed by atoms with Crippen molar-refractivity contribution in [2.45, 2.75) is 6.18 Å². The SMILES string of the molecule is O=C([O-])c1cnc(Nc2cccc(Cl)c2)cc1C(F)(F)F. The van der Waals surface area contributed by atoms with Crippen molar-refractivity contribution in [3.05, 3.63) is 52.7 Å². The molecule has 0 aliphatic heterocycles. The molecule has 0 amide bonds. The highest BCUT2D eigenvalue weighted by atomic mass is 35.5. The first kappa shape index (κ1) is 15.1. The van der Waals surface area contributed by atoms with Gasteiger partial charge in [-0.2, -0.15) is 13.2 Å². The van der Waals surface area contributed by atoms with E-state index in [0.29, 0.717) is 23.0 Å². The van der Waals surface area contributed by atoms with Gasteiger partial charge in [0.1, 0.15) is 5.82 Å². The summed E-state index contributed by atoms with van der Waals surface area (Å²) in [5.41, 5.74) is -1.93. The highest BCUT2D eigenvalue weighted by molar-refractivity contribution is 6.30. The molecule has 0 unspecified atom stereocenters. The molecule has 0 fully saturated rings. The lowest BCUT2D eigenvalue weighted by atomic mass is 10.1. The fourth-order valence-corrected chi connectivity index (χ4v) is 1.83. The molecule has 21 heavy (non-hydrogen) atoms. The predicted molar refractivity (Wildman–Crippen MR) is 68.3 cm³/mol. The van der Waals surface area contributed by atoms with Gasteiger partial charge in [0.25, 0.3) is 0 Å².